The van der Waals surface area contributed by atoms with Crippen LogP contribution in [0.25, 0.3) is 0 Å². The molecule has 0 bridgehead atoms. The third kappa shape index (κ3) is 3.19. The highest BCUT2D eigenvalue weighted by atomic mass is 16.6. The number of benzene rings is 1. The van der Waals surface area contributed by atoms with E-state index in [4.69, 9.17) is 4.74 Å². The van der Waals surface area contributed by atoms with Gasteiger partial charge in [0.15, 0.2) is 5.69 Å². The summed E-state index contributed by atoms with van der Waals surface area (Å²) < 4.78 is 10.3. The molecule has 0 amide bonds. The average Bonchev–Trinajstić information content (AvgIpc) is 2.80. The molecular weight excluding hydrogens is 348 g/mol. The number of quaternary nitrogens is 1. The summed E-state index contributed by atoms with van der Waals surface area (Å²) in [7, 11) is 3.03. The monoisotopic (exact) mass is 371 g/mol. The molecule has 0 radical (unpaired) electrons. The first-order chi connectivity index (χ1) is 12.6. The number of nitrogens with zero attached hydrogens (tertiary/aromatic N) is 2. The highest BCUT2D eigenvalue weighted by Gasteiger charge is 2.51. The molecule has 27 heavy (non-hydrogen) atoms. The van der Waals surface area contributed by atoms with Crippen LogP contribution in [0.15, 0.2) is 35.6 Å². The molecule has 0 spiro atoms. The molecule has 0 saturated heterocycles. The molecule has 1 aromatic carbocycles. The summed E-state index contributed by atoms with van der Waals surface area (Å²) in [6.45, 7) is 5.48. The number of ether oxygens (including phenoxy) is 2. The van der Waals surface area contributed by atoms with Crippen LogP contribution in [0.1, 0.15) is 31.9 Å². The first-order valence-electron chi connectivity index (χ1n) is 8.68. The van der Waals surface area contributed by atoms with Crippen molar-refractivity contribution < 1.29 is 23.9 Å². The molecule has 0 aliphatic carbocycles. The van der Waals surface area contributed by atoms with Gasteiger partial charge in [-0.05, 0) is 26.8 Å². The van der Waals surface area contributed by atoms with Gasteiger partial charge in [0.05, 0.1) is 25.9 Å². The molecule has 0 aromatic heterocycles. The molecular formula is C20H23N2O5+. The fourth-order valence-corrected chi connectivity index (χ4v) is 3.61. The van der Waals surface area contributed by atoms with Crippen LogP contribution in [0.4, 0.5) is 5.69 Å². The summed E-state index contributed by atoms with van der Waals surface area (Å²) in [4.78, 5) is 41.3. The van der Waals surface area contributed by atoms with Gasteiger partial charge in [-0.2, -0.15) is 0 Å². The van der Waals surface area contributed by atoms with E-state index in [0.29, 0.717) is 12.0 Å². The van der Waals surface area contributed by atoms with Crippen molar-refractivity contribution in [2.24, 2.45) is 4.99 Å². The zero-order valence-corrected chi connectivity index (χ0v) is 16.1. The Labute approximate surface area is 157 Å². The molecule has 2 unspecified atom stereocenters. The Morgan fingerprint density at radius 2 is 1.93 bits per heavy atom. The van der Waals surface area contributed by atoms with Crippen LogP contribution in [0.3, 0.4) is 0 Å². The molecule has 0 N–H and O–H groups in total. The highest BCUT2D eigenvalue weighted by molar-refractivity contribution is 6.67. The van der Waals surface area contributed by atoms with Crippen molar-refractivity contribution in [3.63, 3.8) is 0 Å². The van der Waals surface area contributed by atoms with Crippen molar-refractivity contribution in [1.29, 1.82) is 0 Å². The number of hydrogen-bond donors (Lipinski definition) is 0. The summed E-state index contributed by atoms with van der Waals surface area (Å²) in [6, 6.07) is 4.94. The van der Waals surface area contributed by atoms with Gasteiger partial charge in [0, 0.05) is 12.0 Å². The number of rotatable bonds is 3. The van der Waals surface area contributed by atoms with Crippen molar-refractivity contribution in [3.05, 3.63) is 41.7 Å². The van der Waals surface area contributed by atoms with Gasteiger partial charge in [0.25, 0.3) is 5.78 Å². The number of para-hydroxylation sites is 1. The Hall–Kier alpha value is -2.80. The molecule has 0 fully saturated rings. The van der Waals surface area contributed by atoms with Crippen LogP contribution < -0.4 is 4.48 Å². The molecule has 2 aliphatic rings. The number of hydrogen-bond acceptors (Lipinski definition) is 6. The first-order valence-corrected chi connectivity index (χ1v) is 8.68. The lowest BCUT2D eigenvalue weighted by molar-refractivity contribution is -0.159. The van der Waals surface area contributed by atoms with Gasteiger partial charge in [-0.1, -0.05) is 12.1 Å². The first kappa shape index (κ1) is 19.0. The number of methoxy groups -OCH3 is 1. The Bertz CT molecular complexity index is 894. The maximum Gasteiger partial charge on any atom is 0.381 e. The van der Waals surface area contributed by atoms with E-state index in [1.165, 1.54) is 6.20 Å². The minimum absolute atomic E-state index is 0.0154. The van der Waals surface area contributed by atoms with Crippen LogP contribution in [0.5, 0.6) is 0 Å². The van der Waals surface area contributed by atoms with E-state index in [1.54, 1.807) is 18.3 Å². The summed E-state index contributed by atoms with van der Waals surface area (Å²) >= 11 is 0. The number of Topliss-reactive ketones (excluding diaryl/α,β-unsaturated/α-hetero) is 1. The van der Waals surface area contributed by atoms with Crippen molar-refractivity contribution in [2.45, 2.75) is 38.8 Å². The lowest BCUT2D eigenvalue weighted by Crippen LogP contribution is -2.52. The van der Waals surface area contributed by atoms with Gasteiger partial charge < -0.3 is 9.47 Å². The van der Waals surface area contributed by atoms with Gasteiger partial charge in [0.1, 0.15) is 17.5 Å². The molecule has 2 heterocycles. The second kappa shape index (κ2) is 6.42. The van der Waals surface area contributed by atoms with Crippen LogP contribution in [0, 0.1) is 0 Å². The minimum atomic E-state index is -0.974. The van der Waals surface area contributed by atoms with Crippen molar-refractivity contribution >= 4 is 29.1 Å². The van der Waals surface area contributed by atoms with Gasteiger partial charge in [-0.15, -0.1) is 0 Å². The predicted octanol–water partition coefficient (Wildman–Crippen LogP) is 1.91. The molecule has 3 rings (SSSR count). The molecule has 1 aromatic rings. The van der Waals surface area contributed by atoms with Gasteiger partial charge >= 0.3 is 11.9 Å². The Morgan fingerprint density at radius 1 is 1.22 bits per heavy atom. The molecule has 2 aliphatic heterocycles. The van der Waals surface area contributed by atoms with Crippen LogP contribution in [-0.4, -0.2) is 49.2 Å². The summed E-state index contributed by atoms with van der Waals surface area (Å²) in [5.41, 5.74) is 1.63. The zero-order chi connectivity index (χ0) is 20.0. The lowest BCUT2D eigenvalue weighted by Gasteiger charge is -2.33. The van der Waals surface area contributed by atoms with Gasteiger partial charge in [0.2, 0.25) is 6.04 Å². The van der Waals surface area contributed by atoms with Crippen molar-refractivity contribution in [2.75, 3.05) is 14.2 Å². The van der Waals surface area contributed by atoms with E-state index >= 15 is 0 Å². The van der Waals surface area contributed by atoms with Gasteiger partial charge in [-0.25, -0.2) is 14.6 Å². The Balaban J connectivity index is 2.09. The molecule has 0 saturated carbocycles. The Kier molecular flexibility index (Phi) is 4.51. The summed E-state index contributed by atoms with van der Waals surface area (Å²) in [5.74, 6) is -2.11. The van der Waals surface area contributed by atoms with Crippen LogP contribution in [-0.2, 0) is 30.3 Å². The largest absolute Gasteiger partial charge is 0.463 e. The topological polar surface area (TPSA) is 82.0 Å². The quantitative estimate of drug-likeness (QED) is 0.460. The van der Waals surface area contributed by atoms with E-state index in [0.717, 1.165) is 18.4 Å². The third-order valence-electron chi connectivity index (χ3n) is 4.76. The summed E-state index contributed by atoms with van der Waals surface area (Å²) in [6.07, 6.45) is 3.68. The van der Waals surface area contributed by atoms with Crippen LogP contribution in [0.2, 0.25) is 0 Å². The fraction of sp³-hybridized carbons (Fsp3) is 0.400. The smallest absolute Gasteiger partial charge is 0.381 e. The molecule has 142 valence electrons. The predicted molar refractivity (Wildman–Crippen MR) is 100 cm³/mol. The number of aliphatic imine (C=N–C) groups is 1. The zero-order valence-electron chi connectivity index (χ0n) is 16.1. The fourth-order valence-electron chi connectivity index (χ4n) is 3.61. The van der Waals surface area contributed by atoms with Gasteiger partial charge in [-0.3, -0.25) is 9.28 Å². The second-order valence-electron chi connectivity index (χ2n) is 7.81. The SMILES string of the molecule is COC(=O)C(=O)C1=NC=C[N+]2(C)c3c(cccc31)CC2C(=O)OC(C)(C)C. The van der Waals surface area contributed by atoms with E-state index in [2.05, 4.69) is 9.73 Å². The normalized spacial score (nSPS) is 23.1. The van der Waals surface area contributed by atoms with E-state index in [1.807, 2.05) is 33.9 Å². The number of ketones is 1. The number of likely N-dealkylation sites (N-methyl/N-ethyl adjacent to an activating group) is 1. The maximum absolute atomic E-state index is 12.9. The second-order valence-corrected chi connectivity index (χ2v) is 7.81. The van der Waals surface area contributed by atoms with Crippen molar-refractivity contribution in [1.82, 2.24) is 4.48 Å². The number of carbonyl (C=O) groups excluding carboxylic acids is 3. The van der Waals surface area contributed by atoms with E-state index in [-0.39, 0.29) is 16.2 Å². The average molecular weight is 371 g/mol. The maximum atomic E-state index is 12.9. The Morgan fingerprint density at radius 3 is 2.56 bits per heavy atom. The third-order valence-corrected chi connectivity index (χ3v) is 4.76. The number of carbonyl (C=O) groups is 3. The number of esters is 2. The van der Waals surface area contributed by atoms with E-state index < -0.39 is 23.4 Å². The van der Waals surface area contributed by atoms with Crippen molar-refractivity contribution in [3.8, 4) is 0 Å². The highest BCUT2D eigenvalue weighted by Crippen LogP contribution is 2.43. The molecule has 2 atom stereocenters. The van der Waals surface area contributed by atoms with E-state index in [9.17, 15) is 14.4 Å². The summed E-state index contributed by atoms with van der Waals surface area (Å²) in [5, 5.41) is 0. The molecule has 7 heteroatoms. The molecule has 7 nitrogen and oxygen atoms in total. The lowest BCUT2D eigenvalue weighted by atomic mass is 10.00. The minimum Gasteiger partial charge on any atom is -0.463 e. The van der Waals surface area contributed by atoms with Crippen LogP contribution >= 0.6 is 0 Å². The standard InChI is InChI=1S/C20H23N2O5/c1-20(2,3)27-18(24)14-11-12-7-6-8-13-15(17(23)19(25)26-5)21-9-10-22(14,4)16(12)13/h6-10,14H,11H2,1-5H3/q+1.